The Morgan fingerprint density at radius 1 is 1.37 bits per heavy atom. The Balaban J connectivity index is 2.41. The van der Waals surface area contributed by atoms with Gasteiger partial charge < -0.3 is 14.7 Å². The van der Waals surface area contributed by atoms with Crippen molar-refractivity contribution in [1.29, 1.82) is 0 Å². The lowest BCUT2D eigenvalue weighted by Crippen LogP contribution is -2.46. The summed E-state index contributed by atoms with van der Waals surface area (Å²) < 4.78 is 5.36. The van der Waals surface area contributed by atoms with Gasteiger partial charge in [-0.15, -0.1) is 0 Å². The molecule has 1 fully saturated rings. The second-order valence-electron chi connectivity index (χ2n) is 5.87. The van der Waals surface area contributed by atoms with Crippen LogP contribution in [-0.2, 0) is 14.3 Å². The molecule has 0 aromatic heterocycles. The fourth-order valence-electron chi connectivity index (χ4n) is 2.58. The van der Waals surface area contributed by atoms with Crippen molar-refractivity contribution in [2.24, 2.45) is 11.8 Å². The average Bonchev–Trinajstić information content (AvgIpc) is 2.27. The Morgan fingerprint density at radius 3 is 2.63 bits per heavy atom. The molecule has 0 saturated carbocycles. The third-order valence-electron chi connectivity index (χ3n) is 3.29. The van der Waals surface area contributed by atoms with Gasteiger partial charge in [-0.2, -0.15) is 0 Å². The second kappa shape index (κ2) is 7.48. The topological polar surface area (TPSA) is 66.8 Å². The molecule has 0 spiro atoms. The summed E-state index contributed by atoms with van der Waals surface area (Å²) in [5, 5.41) is 8.75. The Morgan fingerprint density at radius 2 is 2.05 bits per heavy atom. The van der Waals surface area contributed by atoms with Crippen molar-refractivity contribution in [2.45, 2.75) is 46.1 Å². The van der Waals surface area contributed by atoms with E-state index < -0.39 is 5.97 Å². The van der Waals surface area contributed by atoms with Crippen LogP contribution in [0.2, 0.25) is 0 Å². The van der Waals surface area contributed by atoms with E-state index in [1.807, 2.05) is 0 Å². The number of carbonyl (C=O) groups excluding carboxylic acids is 1. The molecule has 0 radical (unpaired) electrons. The SMILES string of the molecule is CC(C)CC(C)CC(=O)N1CCOC(CC(=O)O)C1. The van der Waals surface area contributed by atoms with Crippen LogP contribution in [0.5, 0.6) is 0 Å². The number of hydrogen-bond donors (Lipinski definition) is 1. The number of carbonyl (C=O) groups is 2. The van der Waals surface area contributed by atoms with Crippen LogP contribution in [-0.4, -0.2) is 47.7 Å². The van der Waals surface area contributed by atoms with Gasteiger partial charge in [-0.05, 0) is 18.3 Å². The summed E-state index contributed by atoms with van der Waals surface area (Å²) >= 11 is 0. The quantitative estimate of drug-likeness (QED) is 0.799. The average molecular weight is 271 g/mol. The standard InChI is InChI=1S/C14H25NO4/c1-10(2)6-11(3)7-13(16)15-4-5-19-12(9-15)8-14(17)18/h10-12H,4-9H2,1-3H3,(H,17,18). The van der Waals surface area contributed by atoms with E-state index in [-0.39, 0.29) is 18.4 Å². The molecule has 0 bridgehead atoms. The first-order chi connectivity index (χ1) is 8.88. The summed E-state index contributed by atoms with van der Waals surface area (Å²) in [5.74, 6) is 0.194. The number of aliphatic carboxylic acids is 1. The molecular weight excluding hydrogens is 246 g/mol. The second-order valence-corrected chi connectivity index (χ2v) is 5.87. The van der Waals surface area contributed by atoms with Crippen LogP contribution in [0.4, 0.5) is 0 Å². The van der Waals surface area contributed by atoms with Gasteiger partial charge in [0.1, 0.15) is 0 Å². The lowest BCUT2D eigenvalue weighted by molar-refractivity contribution is -0.148. The first-order valence-corrected chi connectivity index (χ1v) is 6.99. The summed E-state index contributed by atoms with van der Waals surface area (Å²) in [7, 11) is 0. The molecule has 0 aromatic carbocycles. The fraction of sp³-hybridized carbons (Fsp3) is 0.857. The molecule has 1 aliphatic rings. The van der Waals surface area contributed by atoms with Crippen molar-refractivity contribution < 1.29 is 19.4 Å². The van der Waals surface area contributed by atoms with Crippen LogP contribution in [0, 0.1) is 11.8 Å². The van der Waals surface area contributed by atoms with E-state index in [4.69, 9.17) is 9.84 Å². The number of morpholine rings is 1. The summed E-state index contributed by atoms with van der Waals surface area (Å²) in [6.07, 6.45) is 1.17. The molecule has 5 heteroatoms. The van der Waals surface area contributed by atoms with Gasteiger partial charge >= 0.3 is 5.97 Å². The van der Waals surface area contributed by atoms with Crippen LogP contribution >= 0.6 is 0 Å². The highest BCUT2D eigenvalue weighted by Gasteiger charge is 2.26. The van der Waals surface area contributed by atoms with E-state index in [0.29, 0.717) is 38.0 Å². The van der Waals surface area contributed by atoms with Crippen LogP contribution in [0.1, 0.15) is 40.0 Å². The number of hydrogen-bond acceptors (Lipinski definition) is 3. The van der Waals surface area contributed by atoms with Gasteiger partial charge in [-0.1, -0.05) is 20.8 Å². The Labute approximate surface area is 114 Å². The number of nitrogens with zero attached hydrogens (tertiary/aromatic N) is 1. The van der Waals surface area contributed by atoms with E-state index >= 15 is 0 Å². The molecule has 110 valence electrons. The number of ether oxygens (including phenoxy) is 1. The van der Waals surface area contributed by atoms with E-state index in [1.165, 1.54) is 0 Å². The van der Waals surface area contributed by atoms with E-state index in [9.17, 15) is 9.59 Å². The minimum atomic E-state index is -0.882. The monoisotopic (exact) mass is 271 g/mol. The van der Waals surface area contributed by atoms with Crippen molar-refractivity contribution in [1.82, 2.24) is 4.90 Å². The molecule has 0 aromatic rings. The Kier molecular flexibility index (Phi) is 6.28. The maximum Gasteiger partial charge on any atom is 0.306 e. The summed E-state index contributed by atoms with van der Waals surface area (Å²) in [6, 6.07) is 0. The number of carboxylic acid groups (broad SMARTS) is 1. The van der Waals surface area contributed by atoms with Gasteiger partial charge in [0.15, 0.2) is 0 Å². The summed E-state index contributed by atoms with van der Waals surface area (Å²) in [6.45, 7) is 7.80. The molecule has 0 aliphatic carbocycles. The zero-order valence-corrected chi connectivity index (χ0v) is 12.1. The van der Waals surface area contributed by atoms with E-state index in [2.05, 4.69) is 20.8 Å². The number of amides is 1. The van der Waals surface area contributed by atoms with Gasteiger partial charge in [0.25, 0.3) is 0 Å². The van der Waals surface area contributed by atoms with Gasteiger partial charge in [0.2, 0.25) is 5.91 Å². The van der Waals surface area contributed by atoms with Gasteiger partial charge in [0, 0.05) is 19.5 Å². The first kappa shape index (κ1) is 16.0. The Hall–Kier alpha value is -1.10. The molecule has 1 rings (SSSR count). The molecule has 1 saturated heterocycles. The molecule has 1 N–H and O–H groups in total. The predicted octanol–water partition coefficient (Wildman–Crippen LogP) is 1.76. The van der Waals surface area contributed by atoms with Gasteiger partial charge in [0.05, 0.1) is 19.1 Å². The fourth-order valence-corrected chi connectivity index (χ4v) is 2.58. The maximum atomic E-state index is 12.1. The maximum absolute atomic E-state index is 12.1. The van der Waals surface area contributed by atoms with Crippen molar-refractivity contribution in [3.05, 3.63) is 0 Å². The highest BCUT2D eigenvalue weighted by atomic mass is 16.5. The van der Waals surface area contributed by atoms with Crippen LogP contribution in [0.3, 0.4) is 0 Å². The predicted molar refractivity (Wildman–Crippen MR) is 71.8 cm³/mol. The lowest BCUT2D eigenvalue weighted by atomic mass is 9.95. The number of carboxylic acids is 1. The van der Waals surface area contributed by atoms with E-state index in [0.717, 1.165) is 6.42 Å². The molecule has 1 heterocycles. The van der Waals surface area contributed by atoms with Crippen molar-refractivity contribution in [3.63, 3.8) is 0 Å². The third-order valence-corrected chi connectivity index (χ3v) is 3.29. The normalized spacial score (nSPS) is 21.5. The molecular formula is C14H25NO4. The smallest absolute Gasteiger partial charge is 0.306 e. The molecule has 19 heavy (non-hydrogen) atoms. The van der Waals surface area contributed by atoms with Crippen molar-refractivity contribution in [2.75, 3.05) is 19.7 Å². The van der Waals surface area contributed by atoms with Crippen LogP contribution in [0.15, 0.2) is 0 Å². The van der Waals surface area contributed by atoms with Crippen LogP contribution in [0.25, 0.3) is 0 Å². The molecule has 2 unspecified atom stereocenters. The molecule has 5 nitrogen and oxygen atoms in total. The minimum Gasteiger partial charge on any atom is -0.481 e. The highest BCUT2D eigenvalue weighted by Crippen LogP contribution is 2.17. The third kappa shape index (κ3) is 6.05. The van der Waals surface area contributed by atoms with Gasteiger partial charge in [-0.25, -0.2) is 0 Å². The van der Waals surface area contributed by atoms with Gasteiger partial charge in [-0.3, -0.25) is 9.59 Å². The first-order valence-electron chi connectivity index (χ1n) is 6.99. The Bertz CT molecular complexity index is 317. The van der Waals surface area contributed by atoms with Crippen molar-refractivity contribution in [3.8, 4) is 0 Å². The minimum absolute atomic E-state index is 0.0364. The lowest BCUT2D eigenvalue weighted by Gasteiger charge is -2.33. The largest absolute Gasteiger partial charge is 0.481 e. The zero-order chi connectivity index (χ0) is 14.4. The van der Waals surface area contributed by atoms with Crippen LogP contribution < -0.4 is 0 Å². The molecule has 1 amide bonds. The van der Waals surface area contributed by atoms with Crippen molar-refractivity contribution >= 4 is 11.9 Å². The summed E-state index contributed by atoms with van der Waals surface area (Å²) in [5.41, 5.74) is 0. The molecule has 1 aliphatic heterocycles. The molecule has 2 atom stereocenters. The zero-order valence-electron chi connectivity index (χ0n) is 12.1. The van der Waals surface area contributed by atoms with E-state index in [1.54, 1.807) is 4.90 Å². The number of rotatable bonds is 6. The summed E-state index contributed by atoms with van der Waals surface area (Å²) in [4.78, 5) is 24.5. The highest BCUT2D eigenvalue weighted by molar-refractivity contribution is 5.76.